The van der Waals surface area contributed by atoms with Crippen LogP contribution in [0.15, 0.2) is 42.5 Å². The molecule has 24 heavy (non-hydrogen) atoms. The van der Waals surface area contributed by atoms with Crippen LogP contribution in [0.1, 0.15) is 17.5 Å². The quantitative estimate of drug-likeness (QED) is 0.638. The van der Waals surface area contributed by atoms with E-state index in [1.807, 2.05) is 25.1 Å². The Balaban J connectivity index is 1.77. The van der Waals surface area contributed by atoms with E-state index in [0.29, 0.717) is 6.54 Å². The number of amides is 1. The summed E-state index contributed by atoms with van der Waals surface area (Å²) in [5.41, 5.74) is 3.01. The number of nitro benzene ring substituents is 1. The van der Waals surface area contributed by atoms with Gasteiger partial charge in [-0.1, -0.05) is 30.3 Å². The normalized spacial score (nSPS) is 13.3. The average Bonchev–Trinajstić information content (AvgIpc) is 2.59. The first kappa shape index (κ1) is 16.0. The van der Waals surface area contributed by atoms with Crippen LogP contribution < -0.4 is 9.64 Å². The zero-order chi connectivity index (χ0) is 17.1. The van der Waals surface area contributed by atoms with Crippen molar-refractivity contribution in [2.24, 2.45) is 0 Å². The Bertz CT molecular complexity index is 788. The van der Waals surface area contributed by atoms with E-state index in [-0.39, 0.29) is 24.0 Å². The van der Waals surface area contributed by atoms with E-state index in [4.69, 9.17) is 4.74 Å². The summed E-state index contributed by atoms with van der Waals surface area (Å²) in [6, 6.07) is 12.1. The van der Waals surface area contributed by atoms with Gasteiger partial charge in [-0.3, -0.25) is 14.9 Å². The fraction of sp³-hybridized carbons (Fsp3) is 0.278. The molecule has 0 aliphatic carbocycles. The smallest absolute Gasteiger partial charge is 0.310 e. The molecule has 0 spiro atoms. The van der Waals surface area contributed by atoms with Crippen molar-refractivity contribution in [3.05, 3.63) is 63.7 Å². The molecule has 6 heteroatoms. The van der Waals surface area contributed by atoms with Gasteiger partial charge in [-0.05, 0) is 37.0 Å². The molecule has 2 aromatic carbocycles. The van der Waals surface area contributed by atoms with E-state index in [1.165, 1.54) is 12.1 Å². The number of benzene rings is 2. The third-order valence-electron chi connectivity index (χ3n) is 4.13. The van der Waals surface area contributed by atoms with E-state index >= 15 is 0 Å². The average molecular weight is 326 g/mol. The third kappa shape index (κ3) is 3.08. The number of carbonyl (C=O) groups is 1. The minimum Gasteiger partial charge on any atom is -0.477 e. The molecule has 0 radical (unpaired) electrons. The molecule has 124 valence electrons. The molecule has 0 unspecified atom stereocenters. The second-order valence-electron chi connectivity index (χ2n) is 5.75. The SMILES string of the molecule is Cc1cccc2c1N(C(=O)COc1ccccc1[N+](=O)[O-])CCC2. The molecule has 0 aromatic heterocycles. The van der Waals surface area contributed by atoms with Crippen LogP contribution in [0.3, 0.4) is 0 Å². The van der Waals surface area contributed by atoms with Crippen molar-refractivity contribution in [3.63, 3.8) is 0 Å². The highest BCUT2D eigenvalue weighted by Gasteiger charge is 2.25. The van der Waals surface area contributed by atoms with Crippen molar-refractivity contribution in [1.82, 2.24) is 0 Å². The topological polar surface area (TPSA) is 72.7 Å². The highest BCUT2D eigenvalue weighted by molar-refractivity contribution is 5.96. The minimum absolute atomic E-state index is 0.109. The van der Waals surface area contributed by atoms with Crippen molar-refractivity contribution in [1.29, 1.82) is 0 Å². The summed E-state index contributed by atoms with van der Waals surface area (Å²) in [5, 5.41) is 11.0. The molecule has 0 fully saturated rings. The molecule has 1 aliphatic rings. The van der Waals surface area contributed by atoms with Gasteiger partial charge in [-0.15, -0.1) is 0 Å². The second-order valence-corrected chi connectivity index (χ2v) is 5.75. The van der Waals surface area contributed by atoms with Gasteiger partial charge < -0.3 is 9.64 Å². The van der Waals surface area contributed by atoms with Crippen LogP contribution in [0.25, 0.3) is 0 Å². The van der Waals surface area contributed by atoms with Gasteiger partial charge in [0.15, 0.2) is 12.4 Å². The van der Waals surface area contributed by atoms with Gasteiger partial charge in [0.25, 0.3) is 5.91 Å². The van der Waals surface area contributed by atoms with Gasteiger partial charge in [-0.2, -0.15) is 0 Å². The van der Waals surface area contributed by atoms with E-state index in [0.717, 1.165) is 29.7 Å². The van der Waals surface area contributed by atoms with Crippen molar-refractivity contribution >= 4 is 17.3 Å². The van der Waals surface area contributed by atoms with Gasteiger partial charge in [0.2, 0.25) is 0 Å². The Morgan fingerprint density at radius 3 is 2.83 bits per heavy atom. The zero-order valence-corrected chi connectivity index (χ0v) is 13.4. The molecule has 0 N–H and O–H groups in total. The van der Waals surface area contributed by atoms with Gasteiger partial charge >= 0.3 is 5.69 Å². The van der Waals surface area contributed by atoms with Crippen LogP contribution in [-0.2, 0) is 11.2 Å². The van der Waals surface area contributed by atoms with E-state index in [9.17, 15) is 14.9 Å². The van der Waals surface area contributed by atoms with Crippen molar-refractivity contribution in [3.8, 4) is 5.75 Å². The Hall–Kier alpha value is -2.89. The largest absolute Gasteiger partial charge is 0.477 e. The number of hydrogen-bond acceptors (Lipinski definition) is 4. The van der Waals surface area contributed by atoms with Crippen LogP contribution in [0.5, 0.6) is 5.75 Å². The molecule has 0 saturated heterocycles. The van der Waals surface area contributed by atoms with E-state index < -0.39 is 4.92 Å². The van der Waals surface area contributed by atoms with Crippen molar-refractivity contribution in [2.75, 3.05) is 18.1 Å². The number of nitrogens with zero attached hydrogens (tertiary/aromatic N) is 2. The summed E-state index contributed by atoms with van der Waals surface area (Å²) in [7, 11) is 0. The van der Waals surface area contributed by atoms with Gasteiger partial charge in [0.1, 0.15) is 0 Å². The fourth-order valence-corrected chi connectivity index (χ4v) is 3.04. The maximum Gasteiger partial charge on any atom is 0.310 e. The Kier molecular flexibility index (Phi) is 4.46. The molecule has 6 nitrogen and oxygen atoms in total. The molecule has 1 aliphatic heterocycles. The highest BCUT2D eigenvalue weighted by atomic mass is 16.6. The molecule has 0 bridgehead atoms. The van der Waals surface area contributed by atoms with E-state index in [1.54, 1.807) is 17.0 Å². The first-order chi connectivity index (χ1) is 11.6. The summed E-state index contributed by atoms with van der Waals surface area (Å²) in [4.78, 5) is 24.8. The van der Waals surface area contributed by atoms with Crippen LogP contribution in [0.4, 0.5) is 11.4 Å². The van der Waals surface area contributed by atoms with Crippen molar-refractivity contribution in [2.45, 2.75) is 19.8 Å². The number of rotatable bonds is 4. The van der Waals surface area contributed by atoms with Gasteiger partial charge in [0, 0.05) is 18.3 Å². The summed E-state index contributed by atoms with van der Waals surface area (Å²) in [6.07, 6.45) is 1.85. The number of nitro groups is 1. The van der Waals surface area contributed by atoms with Crippen molar-refractivity contribution < 1.29 is 14.5 Å². The molecular weight excluding hydrogens is 308 g/mol. The number of carbonyl (C=O) groups excluding carboxylic acids is 1. The molecule has 0 saturated carbocycles. The lowest BCUT2D eigenvalue weighted by Crippen LogP contribution is -2.39. The lowest BCUT2D eigenvalue weighted by atomic mass is 9.98. The Morgan fingerprint density at radius 1 is 1.25 bits per heavy atom. The van der Waals surface area contributed by atoms with Gasteiger partial charge in [-0.25, -0.2) is 0 Å². The lowest BCUT2D eigenvalue weighted by molar-refractivity contribution is -0.385. The summed E-state index contributed by atoms with van der Waals surface area (Å²) in [5.74, 6) is -0.0822. The summed E-state index contributed by atoms with van der Waals surface area (Å²) < 4.78 is 5.44. The second kappa shape index (κ2) is 6.70. The molecule has 1 amide bonds. The molecule has 2 aromatic rings. The number of aryl methyl sites for hydroxylation is 2. The molecule has 0 atom stereocenters. The number of fused-ring (bicyclic) bond motifs is 1. The number of para-hydroxylation sites is 3. The Morgan fingerprint density at radius 2 is 2.04 bits per heavy atom. The number of ether oxygens (including phenoxy) is 1. The first-order valence-corrected chi connectivity index (χ1v) is 7.83. The Labute approximate surface area is 139 Å². The summed E-state index contributed by atoms with van der Waals surface area (Å²) in [6.45, 7) is 2.39. The number of anilines is 1. The van der Waals surface area contributed by atoms with E-state index in [2.05, 4.69) is 0 Å². The highest BCUT2D eigenvalue weighted by Crippen LogP contribution is 2.31. The zero-order valence-electron chi connectivity index (χ0n) is 13.4. The monoisotopic (exact) mass is 326 g/mol. The fourth-order valence-electron chi connectivity index (χ4n) is 3.04. The third-order valence-corrected chi connectivity index (χ3v) is 4.13. The van der Waals surface area contributed by atoms with Gasteiger partial charge in [0.05, 0.1) is 4.92 Å². The first-order valence-electron chi connectivity index (χ1n) is 7.83. The van der Waals surface area contributed by atoms with Crippen LogP contribution in [0.2, 0.25) is 0 Å². The predicted octanol–water partition coefficient (Wildman–Crippen LogP) is 3.26. The lowest BCUT2D eigenvalue weighted by Gasteiger charge is -2.31. The molecule has 1 heterocycles. The minimum atomic E-state index is -0.514. The standard InChI is InChI=1S/C18H18N2O4/c1-13-6-4-7-14-8-5-11-19(18(13)14)17(21)12-24-16-10-3-2-9-15(16)20(22)23/h2-4,6-7,9-10H,5,8,11-12H2,1H3. The van der Waals surface area contributed by atoms with Crippen LogP contribution in [-0.4, -0.2) is 24.0 Å². The molecular formula is C18H18N2O4. The molecule has 3 rings (SSSR count). The summed E-state index contributed by atoms with van der Waals surface area (Å²) >= 11 is 0. The maximum atomic E-state index is 12.6. The number of hydrogen-bond donors (Lipinski definition) is 0. The van der Waals surface area contributed by atoms with Crippen LogP contribution >= 0.6 is 0 Å². The maximum absolute atomic E-state index is 12.6. The predicted molar refractivity (Wildman–Crippen MR) is 90.4 cm³/mol. The van der Waals surface area contributed by atoms with Crippen LogP contribution in [0, 0.1) is 17.0 Å².